The van der Waals surface area contributed by atoms with Gasteiger partial charge in [-0.2, -0.15) is 0 Å². The highest BCUT2D eigenvalue weighted by molar-refractivity contribution is 8.00. The van der Waals surface area contributed by atoms with Crippen molar-refractivity contribution in [3.63, 3.8) is 0 Å². The lowest BCUT2D eigenvalue weighted by atomic mass is 10.0. The molecule has 0 radical (unpaired) electrons. The molecule has 0 aliphatic carbocycles. The first-order valence-corrected chi connectivity index (χ1v) is 28.6. The molecule has 3 aliphatic heterocycles. The monoisotopic (exact) mass is 847 g/mol. The van der Waals surface area contributed by atoms with Gasteiger partial charge in [0.05, 0.1) is 15.5 Å². The lowest BCUT2D eigenvalue weighted by Gasteiger charge is -2.36. The van der Waals surface area contributed by atoms with Crippen LogP contribution in [0.2, 0.25) is 26.2 Å². The van der Waals surface area contributed by atoms with E-state index in [1.807, 2.05) is 29.6 Å². The van der Waals surface area contributed by atoms with E-state index in [-0.39, 0.29) is 0 Å². The fourth-order valence-electron chi connectivity index (χ4n) is 9.10. The summed E-state index contributed by atoms with van der Waals surface area (Å²) in [5, 5.41) is 6.07. The Hall–Kier alpha value is -5.16. The van der Waals surface area contributed by atoms with E-state index >= 15 is 0 Å². The van der Waals surface area contributed by atoms with Crippen LogP contribution in [0.25, 0.3) is 22.3 Å². The van der Waals surface area contributed by atoms with Crippen LogP contribution in [0.15, 0.2) is 205 Å². The lowest BCUT2D eigenvalue weighted by Crippen LogP contribution is -2.56. The zero-order chi connectivity index (χ0) is 39.9. The standard InChI is InChI=1S/C52H41NOS3Si2/c1-58(2)46-22-9-7-19-43(46)56-51-39(15-12-24-48(51)58)35-28-32-37(33-29-35)53(40-16-13-25-49-52(40)57-44-20-8-10-23-47(44)59(49,3)4)36-30-26-34(27-31-36)38-14-11-21-45-50(38)54-41-17-5-6-18-42(41)55-45/h5-33H,1-4H3. The van der Waals surface area contributed by atoms with Crippen molar-refractivity contribution in [1.29, 1.82) is 0 Å². The molecule has 7 heteroatoms. The predicted molar refractivity (Wildman–Crippen MR) is 257 cm³/mol. The normalized spacial score (nSPS) is 15.0. The molecule has 0 aromatic heterocycles. The third-order valence-corrected chi connectivity index (χ3v) is 23.6. The molecule has 11 rings (SSSR count). The molecule has 0 spiro atoms. The topological polar surface area (TPSA) is 12.5 Å². The Balaban J connectivity index is 1.02. The summed E-state index contributed by atoms with van der Waals surface area (Å²) in [6.45, 7) is 10.0. The Morgan fingerprint density at radius 3 is 1.53 bits per heavy atom. The first kappa shape index (κ1) is 36.9. The molecule has 0 unspecified atom stereocenters. The molecule has 0 atom stereocenters. The SMILES string of the molecule is C[Si]1(C)c2ccccc2Sc2c(-c3ccc(N(c4ccc(-c5cccc6c5Oc5ccccc5S6)cc4)c4cccc5c4Sc4ccccc4[Si]5(C)C)cc3)cccc21. The van der Waals surface area contributed by atoms with E-state index in [9.17, 15) is 0 Å². The molecule has 0 fully saturated rings. The van der Waals surface area contributed by atoms with Crippen molar-refractivity contribution < 1.29 is 4.74 Å². The van der Waals surface area contributed by atoms with E-state index in [0.29, 0.717) is 0 Å². The number of hydrogen-bond acceptors (Lipinski definition) is 5. The van der Waals surface area contributed by atoms with Crippen molar-refractivity contribution in [2.45, 2.75) is 55.6 Å². The fraction of sp³-hybridized carbons (Fsp3) is 0.0769. The first-order valence-electron chi connectivity index (χ1n) is 20.2. The minimum atomic E-state index is -1.97. The number of anilines is 3. The summed E-state index contributed by atoms with van der Waals surface area (Å²) in [4.78, 5) is 10.3. The minimum absolute atomic E-state index is 0.910. The number of fused-ring (bicyclic) bond motifs is 6. The lowest BCUT2D eigenvalue weighted by molar-refractivity contribution is 0.456. The van der Waals surface area contributed by atoms with Crippen molar-refractivity contribution in [2.75, 3.05) is 4.90 Å². The second kappa shape index (κ2) is 14.2. The largest absolute Gasteiger partial charge is 0.454 e. The minimum Gasteiger partial charge on any atom is -0.454 e. The number of nitrogens with zero attached hydrogens (tertiary/aromatic N) is 1. The first-order chi connectivity index (χ1) is 28.8. The van der Waals surface area contributed by atoms with Crippen LogP contribution in [0.4, 0.5) is 17.1 Å². The molecule has 0 saturated heterocycles. The van der Waals surface area contributed by atoms with Crippen LogP contribution >= 0.6 is 35.3 Å². The van der Waals surface area contributed by atoms with Gasteiger partial charge in [-0.3, -0.25) is 0 Å². The second-order valence-corrected chi connectivity index (χ2v) is 28.3. The number of benzene rings is 8. The van der Waals surface area contributed by atoms with Crippen molar-refractivity contribution >= 4 is 89.2 Å². The van der Waals surface area contributed by atoms with E-state index in [0.717, 1.165) is 43.8 Å². The Bertz CT molecular complexity index is 2960. The van der Waals surface area contributed by atoms with E-state index in [1.165, 1.54) is 57.1 Å². The molecule has 0 saturated carbocycles. The molecule has 2 nitrogen and oxygen atoms in total. The molecule has 3 heterocycles. The van der Waals surface area contributed by atoms with E-state index < -0.39 is 16.1 Å². The van der Waals surface area contributed by atoms with Gasteiger partial charge >= 0.3 is 0 Å². The van der Waals surface area contributed by atoms with Crippen molar-refractivity contribution in [3.05, 3.63) is 176 Å². The third kappa shape index (κ3) is 6.08. The smallest absolute Gasteiger partial charge is 0.149 e. The van der Waals surface area contributed by atoms with Gasteiger partial charge < -0.3 is 9.64 Å². The maximum Gasteiger partial charge on any atom is 0.149 e. The summed E-state index contributed by atoms with van der Waals surface area (Å²) in [6, 6.07) is 65.2. The van der Waals surface area contributed by atoms with Crippen molar-refractivity contribution in [3.8, 4) is 33.8 Å². The van der Waals surface area contributed by atoms with Crippen LogP contribution in [0, 0.1) is 0 Å². The summed E-state index contributed by atoms with van der Waals surface area (Å²) < 4.78 is 6.57. The summed E-state index contributed by atoms with van der Waals surface area (Å²) in [5.41, 5.74) is 8.27. The predicted octanol–water partition coefficient (Wildman–Crippen LogP) is 13.3. The molecule has 8 aromatic carbocycles. The quantitative estimate of drug-likeness (QED) is 0.160. The van der Waals surface area contributed by atoms with Crippen molar-refractivity contribution in [2.24, 2.45) is 0 Å². The number of hydrogen-bond donors (Lipinski definition) is 0. The molecule has 0 N–H and O–H groups in total. The van der Waals surface area contributed by atoms with E-state index in [2.05, 4.69) is 201 Å². The Morgan fingerprint density at radius 1 is 0.390 bits per heavy atom. The zero-order valence-corrected chi connectivity index (χ0v) is 37.8. The molecule has 3 aliphatic rings. The number of ether oxygens (including phenoxy) is 1. The van der Waals surface area contributed by atoms with E-state index in [1.54, 1.807) is 11.8 Å². The summed E-state index contributed by atoms with van der Waals surface area (Å²) in [7, 11) is -3.82. The average Bonchev–Trinajstić information content (AvgIpc) is 3.26. The van der Waals surface area contributed by atoms with Crippen molar-refractivity contribution in [1.82, 2.24) is 0 Å². The Morgan fingerprint density at radius 2 is 0.864 bits per heavy atom. The van der Waals surface area contributed by atoms with Gasteiger partial charge in [-0.25, -0.2) is 0 Å². The summed E-state index contributed by atoms with van der Waals surface area (Å²) in [6.07, 6.45) is 0. The average molecular weight is 848 g/mol. The second-order valence-electron chi connectivity index (χ2n) is 16.5. The van der Waals surface area contributed by atoms with Gasteiger partial charge in [-0.15, -0.1) is 0 Å². The molecule has 59 heavy (non-hydrogen) atoms. The van der Waals surface area contributed by atoms with Gasteiger partial charge in [0, 0.05) is 36.5 Å². The molecule has 8 aromatic rings. The molecule has 0 amide bonds. The highest BCUT2D eigenvalue weighted by Gasteiger charge is 2.38. The van der Waals surface area contributed by atoms with Gasteiger partial charge in [0.15, 0.2) is 0 Å². The maximum absolute atomic E-state index is 6.57. The molecular weight excluding hydrogens is 807 g/mol. The Labute approximate surface area is 361 Å². The fourth-order valence-corrected chi connectivity index (χ4v) is 21.2. The van der Waals surface area contributed by atoms with Crippen LogP contribution in [-0.2, 0) is 0 Å². The summed E-state index contributed by atoms with van der Waals surface area (Å²) >= 11 is 5.64. The van der Waals surface area contributed by atoms with Gasteiger partial charge in [0.25, 0.3) is 0 Å². The van der Waals surface area contributed by atoms with Crippen LogP contribution in [0.1, 0.15) is 0 Å². The van der Waals surface area contributed by atoms with Crippen LogP contribution in [0.5, 0.6) is 11.5 Å². The number of rotatable bonds is 5. The highest BCUT2D eigenvalue weighted by atomic mass is 32.2. The molecule has 286 valence electrons. The number of para-hydroxylation sites is 2. The zero-order valence-electron chi connectivity index (χ0n) is 33.3. The maximum atomic E-state index is 6.57. The van der Waals surface area contributed by atoms with Gasteiger partial charge in [0.2, 0.25) is 0 Å². The van der Waals surface area contributed by atoms with Crippen LogP contribution in [0.3, 0.4) is 0 Å². The highest BCUT2D eigenvalue weighted by Crippen LogP contribution is 2.51. The third-order valence-electron chi connectivity index (χ3n) is 12.3. The van der Waals surface area contributed by atoms with Gasteiger partial charge in [0.1, 0.15) is 27.6 Å². The van der Waals surface area contributed by atoms with Crippen LogP contribution in [-0.4, -0.2) is 16.1 Å². The molecule has 0 bridgehead atoms. The Kier molecular flexibility index (Phi) is 8.91. The molecular formula is C52H41NOS3Si2. The van der Waals surface area contributed by atoms with Gasteiger partial charge in [-0.1, -0.05) is 177 Å². The van der Waals surface area contributed by atoms with Gasteiger partial charge in [-0.05, 0) is 98.1 Å². The van der Waals surface area contributed by atoms with E-state index in [4.69, 9.17) is 4.74 Å². The van der Waals surface area contributed by atoms with Crippen LogP contribution < -0.4 is 30.4 Å². The summed E-state index contributed by atoms with van der Waals surface area (Å²) in [5.74, 6) is 1.83.